The molecule has 4 nitrogen and oxygen atoms in total. The van der Waals surface area contributed by atoms with Crippen LogP contribution in [0.3, 0.4) is 0 Å². The Labute approximate surface area is 122 Å². The third kappa shape index (κ3) is 6.07. The van der Waals surface area contributed by atoms with E-state index >= 15 is 0 Å². The van der Waals surface area contributed by atoms with Crippen molar-refractivity contribution < 1.29 is 9.90 Å². The highest BCUT2D eigenvalue weighted by Gasteiger charge is 2.08. The van der Waals surface area contributed by atoms with Crippen molar-refractivity contribution in [2.75, 3.05) is 11.9 Å². The molecule has 0 aliphatic rings. The molecule has 19 heavy (non-hydrogen) atoms. The summed E-state index contributed by atoms with van der Waals surface area (Å²) in [6.45, 7) is 6.27. The molecule has 3 N–H and O–H groups in total. The average molecular weight is 329 g/mol. The highest BCUT2D eigenvalue weighted by Crippen LogP contribution is 2.19. The molecule has 0 spiro atoms. The number of hydrogen-bond donors (Lipinski definition) is 3. The molecule has 0 bridgehead atoms. The van der Waals surface area contributed by atoms with Crippen LogP contribution in [0.15, 0.2) is 22.7 Å². The molecule has 0 aliphatic heterocycles. The number of aliphatic hydroxyl groups is 1. The number of amides is 2. The summed E-state index contributed by atoms with van der Waals surface area (Å²) in [5.74, 6) is 0.248. The van der Waals surface area contributed by atoms with Gasteiger partial charge in [0.25, 0.3) is 0 Å². The van der Waals surface area contributed by atoms with Crippen LogP contribution >= 0.6 is 15.9 Å². The van der Waals surface area contributed by atoms with Gasteiger partial charge in [-0.15, -0.1) is 0 Å². The molecule has 0 aromatic heterocycles. The lowest BCUT2D eigenvalue weighted by molar-refractivity contribution is 0.163. The van der Waals surface area contributed by atoms with Crippen LogP contribution < -0.4 is 10.6 Å². The molecule has 106 valence electrons. The second kappa shape index (κ2) is 7.50. The topological polar surface area (TPSA) is 61.4 Å². The smallest absolute Gasteiger partial charge is 0.319 e. The summed E-state index contributed by atoms with van der Waals surface area (Å²) in [7, 11) is 0. The number of benzene rings is 1. The number of urea groups is 1. The number of hydrogen-bond acceptors (Lipinski definition) is 2. The van der Waals surface area contributed by atoms with E-state index in [1.807, 2.05) is 32.0 Å². The highest BCUT2D eigenvalue weighted by atomic mass is 79.9. The molecule has 2 amide bonds. The lowest BCUT2D eigenvalue weighted by Crippen LogP contribution is -2.33. The van der Waals surface area contributed by atoms with E-state index in [9.17, 15) is 9.90 Å². The van der Waals surface area contributed by atoms with Crippen molar-refractivity contribution in [3.05, 3.63) is 28.2 Å². The van der Waals surface area contributed by atoms with Crippen LogP contribution in [0.1, 0.15) is 25.8 Å². The van der Waals surface area contributed by atoms with E-state index in [2.05, 4.69) is 26.6 Å². The van der Waals surface area contributed by atoms with Crippen molar-refractivity contribution in [3.63, 3.8) is 0 Å². The Hall–Kier alpha value is -1.07. The third-order valence-electron chi connectivity index (χ3n) is 2.77. The second-order valence-electron chi connectivity index (χ2n) is 4.99. The van der Waals surface area contributed by atoms with Gasteiger partial charge in [-0.3, -0.25) is 0 Å². The first-order chi connectivity index (χ1) is 8.88. The van der Waals surface area contributed by atoms with Crippen molar-refractivity contribution in [3.8, 4) is 0 Å². The lowest BCUT2D eigenvalue weighted by atomic mass is 10.1. The third-order valence-corrected chi connectivity index (χ3v) is 3.66. The van der Waals surface area contributed by atoms with Gasteiger partial charge in [-0.05, 0) is 49.9 Å². The number of halogens is 1. The number of aliphatic hydroxyl groups excluding tert-OH is 1. The minimum atomic E-state index is -0.339. The van der Waals surface area contributed by atoms with E-state index < -0.39 is 0 Å². The number of rotatable bonds is 5. The highest BCUT2D eigenvalue weighted by molar-refractivity contribution is 9.10. The van der Waals surface area contributed by atoms with Crippen LogP contribution in [-0.2, 0) is 0 Å². The van der Waals surface area contributed by atoms with E-state index in [0.717, 1.165) is 15.7 Å². The van der Waals surface area contributed by atoms with Gasteiger partial charge in [-0.1, -0.05) is 22.9 Å². The Kier molecular flexibility index (Phi) is 6.31. The maximum atomic E-state index is 11.7. The monoisotopic (exact) mass is 328 g/mol. The van der Waals surface area contributed by atoms with E-state index in [1.54, 1.807) is 6.92 Å². The van der Waals surface area contributed by atoms with Crippen molar-refractivity contribution in [1.29, 1.82) is 0 Å². The van der Waals surface area contributed by atoms with Crippen LogP contribution in [-0.4, -0.2) is 23.8 Å². The quantitative estimate of drug-likeness (QED) is 0.776. The Morgan fingerprint density at radius 2 is 2.11 bits per heavy atom. The van der Waals surface area contributed by atoms with Crippen molar-refractivity contribution in [2.24, 2.45) is 5.92 Å². The molecule has 1 aromatic carbocycles. The fourth-order valence-electron chi connectivity index (χ4n) is 1.83. The van der Waals surface area contributed by atoms with E-state index in [1.165, 1.54) is 0 Å². The van der Waals surface area contributed by atoms with Crippen LogP contribution in [0.2, 0.25) is 0 Å². The minimum absolute atomic E-state index is 0.223. The van der Waals surface area contributed by atoms with Gasteiger partial charge in [0.05, 0.1) is 6.10 Å². The molecule has 1 aromatic rings. The molecule has 0 heterocycles. The summed E-state index contributed by atoms with van der Waals surface area (Å²) in [6, 6.07) is 5.43. The average Bonchev–Trinajstić information content (AvgIpc) is 2.30. The van der Waals surface area contributed by atoms with Gasteiger partial charge in [0, 0.05) is 16.7 Å². The number of carbonyl (C=O) groups excluding carboxylic acids is 1. The van der Waals surface area contributed by atoms with Crippen LogP contribution in [0.4, 0.5) is 10.5 Å². The summed E-state index contributed by atoms with van der Waals surface area (Å²) in [5.41, 5.74) is 1.83. The molecular formula is C14H21BrN2O2. The first-order valence-corrected chi connectivity index (χ1v) is 7.17. The fraction of sp³-hybridized carbons (Fsp3) is 0.500. The number of aryl methyl sites for hydroxylation is 1. The number of anilines is 1. The minimum Gasteiger partial charge on any atom is -0.393 e. The van der Waals surface area contributed by atoms with Crippen LogP contribution in [0, 0.1) is 12.8 Å². The van der Waals surface area contributed by atoms with Crippen LogP contribution in [0.5, 0.6) is 0 Å². The zero-order valence-electron chi connectivity index (χ0n) is 11.5. The van der Waals surface area contributed by atoms with Gasteiger partial charge in [-0.2, -0.15) is 0 Å². The molecule has 0 aliphatic carbocycles. The first kappa shape index (κ1) is 16.0. The van der Waals surface area contributed by atoms with Gasteiger partial charge in [-0.25, -0.2) is 4.79 Å². The molecular weight excluding hydrogens is 308 g/mol. The van der Waals surface area contributed by atoms with Gasteiger partial charge >= 0.3 is 6.03 Å². The van der Waals surface area contributed by atoms with Crippen LogP contribution in [0.25, 0.3) is 0 Å². The predicted octanol–water partition coefficient (Wildman–Crippen LogP) is 3.29. The summed E-state index contributed by atoms with van der Waals surface area (Å²) in [5, 5.41) is 14.8. The van der Waals surface area contributed by atoms with Gasteiger partial charge in [0.1, 0.15) is 0 Å². The molecule has 0 fully saturated rings. The maximum Gasteiger partial charge on any atom is 0.319 e. The summed E-state index contributed by atoms with van der Waals surface area (Å²) in [6.07, 6.45) is 0.339. The van der Waals surface area contributed by atoms with E-state index in [0.29, 0.717) is 13.0 Å². The lowest BCUT2D eigenvalue weighted by Gasteiger charge is -2.15. The Morgan fingerprint density at radius 1 is 1.42 bits per heavy atom. The fourth-order valence-corrected chi connectivity index (χ4v) is 2.08. The van der Waals surface area contributed by atoms with Gasteiger partial charge < -0.3 is 15.7 Å². The van der Waals surface area contributed by atoms with Crippen molar-refractivity contribution >= 4 is 27.6 Å². The SMILES string of the molecule is Cc1cc(NC(=O)NCC(C)CC(C)O)ccc1Br. The van der Waals surface area contributed by atoms with Gasteiger partial charge in [0.15, 0.2) is 0 Å². The standard InChI is InChI=1S/C14H21BrN2O2/c1-9(6-11(3)18)8-16-14(19)17-12-4-5-13(15)10(2)7-12/h4-5,7,9,11,18H,6,8H2,1-3H3,(H2,16,17,19). The second-order valence-corrected chi connectivity index (χ2v) is 5.84. The normalized spacial score (nSPS) is 13.7. The maximum absolute atomic E-state index is 11.7. The largest absolute Gasteiger partial charge is 0.393 e. The molecule has 0 radical (unpaired) electrons. The van der Waals surface area contributed by atoms with E-state index in [-0.39, 0.29) is 18.1 Å². The first-order valence-electron chi connectivity index (χ1n) is 6.37. The zero-order valence-corrected chi connectivity index (χ0v) is 13.1. The summed E-state index contributed by atoms with van der Waals surface area (Å²) < 4.78 is 1.02. The zero-order chi connectivity index (χ0) is 14.4. The number of carbonyl (C=O) groups is 1. The molecule has 2 unspecified atom stereocenters. The predicted molar refractivity (Wildman–Crippen MR) is 81.4 cm³/mol. The van der Waals surface area contributed by atoms with Crippen molar-refractivity contribution in [1.82, 2.24) is 5.32 Å². The molecule has 2 atom stereocenters. The molecule has 5 heteroatoms. The molecule has 0 saturated carbocycles. The summed E-state index contributed by atoms with van der Waals surface area (Å²) >= 11 is 3.42. The molecule has 1 rings (SSSR count). The van der Waals surface area contributed by atoms with E-state index in [4.69, 9.17) is 0 Å². The summed E-state index contributed by atoms with van der Waals surface area (Å²) in [4.78, 5) is 11.7. The Balaban J connectivity index is 2.40. The number of nitrogens with one attached hydrogen (secondary N) is 2. The van der Waals surface area contributed by atoms with Gasteiger partial charge in [0.2, 0.25) is 0 Å². The Bertz CT molecular complexity index is 435. The molecule has 0 saturated heterocycles. The van der Waals surface area contributed by atoms with Crippen molar-refractivity contribution in [2.45, 2.75) is 33.3 Å². The Morgan fingerprint density at radius 3 is 2.68 bits per heavy atom.